The van der Waals surface area contributed by atoms with Crippen molar-refractivity contribution in [2.75, 3.05) is 6.54 Å². The Morgan fingerprint density at radius 2 is 2.00 bits per heavy atom. The summed E-state index contributed by atoms with van der Waals surface area (Å²) in [6.07, 6.45) is -1.68. The summed E-state index contributed by atoms with van der Waals surface area (Å²) in [6.45, 7) is 2.65. The molecule has 1 fully saturated rings. The van der Waals surface area contributed by atoms with E-state index in [2.05, 4.69) is 5.32 Å². The van der Waals surface area contributed by atoms with Gasteiger partial charge in [0.2, 0.25) is 0 Å². The van der Waals surface area contributed by atoms with Crippen molar-refractivity contribution >= 4 is 0 Å². The van der Waals surface area contributed by atoms with Crippen LogP contribution in [0.25, 0.3) is 0 Å². The molecule has 0 heterocycles. The molecule has 1 aromatic rings. The molecule has 0 amide bonds. The van der Waals surface area contributed by atoms with Crippen LogP contribution in [0.1, 0.15) is 43.4 Å². The highest BCUT2D eigenvalue weighted by atomic mass is 19.4. The molecule has 5 heteroatoms. The molecule has 1 N–H and O–H groups in total. The third-order valence-electron chi connectivity index (χ3n) is 3.37. The lowest BCUT2D eigenvalue weighted by atomic mass is 9.99. The average molecular weight is 275 g/mol. The van der Waals surface area contributed by atoms with Crippen molar-refractivity contribution in [3.63, 3.8) is 0 Å². The summed E-state index contributed by atoms with van der Waals surface area (Å²) in [5.74, 6) is -0.307. The standard InChI is InChI=1S/C14H17F4N/c1-2-7-19-13(9-3-4-9)11-8-10(14(16,17)18)5-6-12(11)15/h5-6,8-9,13,19H,2-4,7H2,1H3. The van der Waals surface area contributed by atoms with E-state index in [-0.39, 0.29) is 17.5 Å². The minimum Gasteiger partial charge on any atom is -0.310 e. The number of rotatable bonds is 5. The number of nitrogens with one attached hydrogen (secondary N) is 1. The van der Waals surface area contributed by atoms with Crippen molar-refractivity contribution in [2.24, 2.45) is 5.92 Å². The van der Waals surface area contributed by atoms with Crippen LogP contribution in [-0.2, 0) is 6.18 Å². The molecule has 0 aromatic heterocycles. The van der Waals surface area contributed by atoms with E-state index in [1.807, 2.05) is 6.92 Å². The van der Waals surface area contributed by atoms with Gasteiger partial charge in [-0.3, -0.25) is 0 Å². The normalized spacial score (nSPS) is 17.5. The van der Waals surface area contributed by atoms with Gasteiger partial charge < -0.3 is 5.32 Å². The molecule has 106 valence electrons. The zero-order valence-electron chi connectivity index (χ0n) is 10.7. The highest BCUT2D eigenvalue weighted by molar-refractivity contribution is 5.30. The molecule has 1 atom stereocenters. The van der Waals surface area contributed by atoms with E-state index in [1.54, 1.807) is 0 Å². The zero-order chi connectivity index (χ0) is 14.0. The molecule has 1 aromatic carbocycles. The number of hydrogen-bond acceptors (Lipinski definition) is 1. The first-order chi connectivity index (χ1) is 8.93. The fourth-order valence-corrected chi connectivity index (χ4v) is 2.22. The minimum absolute atomic E-state index is 0.144. The maximum absolute atomic E-state index is 13.8. The van der Waals surface area contributed by atoms with Crippen LogP contribution in [0.3, 0.4) is 0 Å². The van der Waals surface area contributed by atoms with E-state index in [1.165, 1.54) is 0 Å². The first kappa shape index (κ1) is 14.3. The molecule has 0 aliphatic heterocycles. The third kappa shape index (κ3) is 3.47. The molecular weight excluding hydrogens is 258 g/mol. The maximum Gasteiger partial charge on any atom is 0.416 e. The van der Waals surface area contributed by atoms with Gasteiger partial charge in [0, 0.05) is 11.6 Å². The van der Waals surface area contributed by atoms with Crippen molar-refractivity contribution in [3.05, 3.63) is 35.1 Å². The smallest absolute Gasteiger partial charge is 0.310 e. The lowest BCUT2D eigenvalue weighted by molar-refractivity contribution is -0.137. The van der Waals surface area contributed by atoms with Gasteiger partial charge in [0.1, 0.15) is 5.82 Å². The molecule has 1 saturated carbocycles. The Balaban J connectivity index is 2.29. The zero-order valence-corrected chi connectivity index (χ0v) is 10.7. The van der Waals surface area contributed by atoms with Gasteiger partial charge in [-0.15, -0.1) is 0 Å². The molecule has 0 spiro atoms. The predicted molar refractivity (Wildman–Crippen MR) is 65.2 cm³/mol. The molecule has 1 unspecified atom stereocenters. The molecule has 0 bridgehead atoms. The van der Waals surface area contributed by atoms with Crippen LogP contribution in [0.15, 0.2) is 18.2 Å². The topological polar surface area (TPSA) is 12.0 Å². The Morgan fingerprint density at radius 1 is 1.32 bits per heavy atom. The number of benzene rings is 1. The summed E-state index contributed by atoms with van der Waals surface area (Å²) in [6, 6.07) is 2.35. The second-order valence-corrected chi connectivity index (χ2v) is 5.00. The molecule has 19 heavy (non-hydrogen) atoms. The third-order valence-corrected chi connectivity index (χ3v) is 3.37. The monoisotopic (exact) mass is 275 g/mol. The molecule has 1 aliphatic rings. The van der Waals surface area contributed by atoms with Gasteiger partial charge >= 0.3 is 6.18 Å². The maximum atomic E-state index is 13.8. The minimum atomic E-state index is -4.43. The fraction of sp³-hybridized carbons (Fsp3) is 0.571. The SMILES string of the molecule is CCCNC(c1cc(C(F)(F)F)ccc1F)C1CC1. The summed E-state index contributed by atoms with van der Waals surface area (Å²) < 4.78 is 51.9. The van der Waals surface area contributed by atoms with E-state index in [4.69, 9.17) is 0 Å². The molecule has 1 nitrogen and oxygen atoms in total. The number of alkyl halides is 3. The Kier molecular flexibility index (Phi) is 4.13. The van der Waals surface area contributed by atoms with E-state index >= 15 is 0 Å². The second-order valence-electron chi connectivity index (χ2n) is 5.00. The Bertz CT molecular complexity index is 438. The molecule has 2 rings (SSSR count). The largest absolute Gasteiger partial charge is 0.416 e. The highest BCUT2D eigenvalue weighted by Crippen LogP contribution is 2.43. The molecule has 1 aliphatic carbocycles. The highest BCUT2D eigenvalue weighted by Gasteiger charge is 2.36. The predicted octanol–water partition coefficient (Wildman–Crippen LogP) is 4.30. The van der Waals surface area contributed by atoms with E-state index in [9.17, 15) is 17.6 Å². The van der Waals surface area contributed by atoms with Crippen molar-refractivity contribution < 1.29 is 17.6 Å². The summed E-state index contributed by atoms with van der Waals surface area (Å²) in [5.41, 5.74) is -0.640. The van der Waals surface area contributed by atoms with E-state index in [0.29, 0.717) is 6.54 Å². The average Bonchev–Trinajstić information content (AvgIpc) is 3.14. The van der Waals surface area contributed by atoms with Crippen molar-refractivity contribution in [1.82, 2.24) is 5.32 Å². The summed E-state index contributed by atoms with van der Waals surface area (Å²) in [4.78, 5) is 0. The number of hydrogen-bond donors (Lipinski definition) is 1. The molecular formula is C14H17F4N. The van der Waals surface area contributed by atoms with Gasteiger partial charge in [-0.25, -0.2) is 4.39 Å². The Labute approximate surface area is 110 Å². The van der Waals surface area contributed by atoms with E-state index < -0.39 is 17.6 Å². The molecule has 0 radical (unpaired) electrons. The summed E-state index contributed by atoms with van der Waals surface area (Å²) >= 11 is 0. The van der Waals surface area contributed by atoms with Gasteiger partial charge in [0.05, 0.1) is 5.56 Å². The van der Waals surface area contributed by atoms with Crippen LogP contribution in [0, 0.1) is 11.7 Å². The Morgan fingerprint density at radius 3 is 2.53 bits per heavy atom. The van der Waals surface area contributed by atoms with Gasteiger partial charge in [0.25, 0.3) is 0 Å². The van der Waals surface area contributed by atoms with Crippen molar-refractivity contribution in [2.45, 2.75) is 38.4 Å². The first-order valence-corrected chi connectivity index (χ1v) is 6.53. The number of halogens is 4. The Hall–Kier alpha value is -1.10. The van der Waals surface area contributed by atoms with Crippen molar-refractivity contribution in [1.29, 1.82) is 0 Å². The van der Waals surface area contributed by atoms with Crippen LogP contribution >= 0.6 is 0 Å². The summed E-state index contributed by atoms with van der Waals surface area (Å²) in [7, 11) is 0. The lowest BCUT2D eigenvalue weighted by Crippen LogP contribution is -2.25. The van der Waals surface area contributed by atoms with Crippen LogP contribution < -0.4 is 5.32 Å². The van der Waals surface area contributed by atoms with Gasteiger partial charge in [-0.1, -0.05) is 6.92 Å². The lowest BCUT2D eigenvalue weighted by Gasteiger charge is -2.20. The van der Waals surface area contributed by atoms with Gasteiger partial charge in [-0.2, -0.15) is 13.2 Å². The summed E-state index contributed by atoms with van der Waals surface area (Å²) in [5, 5.41) is 3.16. The van der Waals surface area contributed by atoms with Crippen LogP contribution in [0.2, 0.25) is 0 Å². The van der Waals surface area contributed by atoms with Gasteiger partial charge in [-0.05, 0) is 49.9 Å². The quantitative estimate of drug-likeness (QED) is 0.790. The fourth-order valence-electron chi connectivity index (χ4n) is 2.22. The molecule has 0 saturated heterocycles. The van der Waals surface area contributed by atoms with Gasteiger partial charge in [0.15, 0.2) is 0 Å². The van der Waals surface area contributed by atoms with Crippen LogP contribution in [0.4, 0.5) is 17.6 Å². The second kappa shape index (κ2) is 5.49. The van der Waals surface area contributed by atoms with Crippen LogP contribution in [0.5, 0.6) is 0 Å². The first-order valence-electron chi connectivity index (χ1n) is 6.53. The van der Waals surface area contributed by atoms with Crippen LogP contribution in [-0.4, -0.2) is 6.54 Å². The van der Waals surface area contributed by atoms with E-state index in [0.717, 1.165) is 37.5 Å². The van der Waals surface area contributed by atoms with Crippen molar-refractivity contribution in [3.8, 4) is 0 Å².